The molecule has 1 aliphatic heterocycles. The van der Waals surface area contributed by atoms with Crippen LogP contribution >= 0.6 is 0 Å². The van der Waals surface area contributed by atoms with Crippen molar-refractivity contribution in [2.75, 3.05) is 5.01 Å². The third-order valence-corrected chi connectivity index (χ3v) is 5.80. The van der Waals surface area contributed by atoms with E-state index in [9.17, 15) is 0 Å². The standard InChI is InChI=1S/C26H24N2/c1-4-11-20(12-5-1)19-22-15-10-18-24-25(22)27-28(23-16-8-3-9-17-23)26(24)21-13-6-2-7-14-21/h1-9,11-14,16-17,19,24,26H,10,15,18H2/b22-19-/t24-,26+/m1/s1. The summed E-state index contributed by atoms with van der Waals surface area (Å²) in [5.74, 6) is 0.436. The van der Waals surface area contributed by atoms with Gasteiger partial charge in [0.25, 0.3) is 0 Å². The first-order chi connectivity index (χ1) is 13.9. The number of allylic oxidation sites excluding steroid dienone is 1. The lowest BCUT2D eigenvalue weighted by Gasteiger charge is -2.30. The number of fused-ring (bicyclic) bond motifs is 1. The van der Waals surface area contributed by atoms with Crippen molar-refractivity contribution < 1.29 is 0 Å². The summed E-state index contributed by atoms with van der Waals surface area (Å²) < 4.78 is 0. The zero-order valence-electron chi connectivity index (χ0n) is 15.9. The lowest BCUT2D eigenvalue weighted by molar-refractivity contribution is 0.488. The van der Waals surface area contributed by atoms with E-state index in [2.05, 4.69) is 102 Å². The minimum absolute atomic E-state index is 0.262. The van der Waals surface area contributed by atoms with Crippen LogP contribution in [-0.2, 0) is 0 Å². The van der Waals surface area contributed by atoms with E-state index in [4.69, 9.17) is 5.10 Å². The van der Waals surface area contributed by atoms with E-state index in [1.807, 2.05) is 0 Å². The van der Waals surface area contributed by atoms with Crippen LogP contribution in [0, 0.1) is 5.92 Å². The van der Waals surface area contributed by atoms with Crippen molar-refractivity contribution in [1.82, 2.24) is 0 Å². The molecule has 0 unspecified atom stereocenters. The van der Waals surface area contributed by atoms with E-state index in [-0.39, 0.29) is 6.04 Å². The van der Waals surface area contributed by atoms with Crippen LogP contribution in [0.2, 0.25) is 0 Å². The molecule has 0 N–H and O–H groups in total. The predicted octanol–water partition coefficient (Wildman–Crippen LogP) is 6.49. The molecule has 2 aliphatic rings. The lowest BCUT2D eigenvalue weighted by Crippen LogP contribution is -2.28. The third-order valence-electron chi connectivity index (χ3n) is 5.80. The van der Waals surface area contributed by atoms with E-state index in [0.717, 1.165) is 12.1 Å². The molecule has 0 bridgehead atoms. The lowest BCUT2D eigenvalue weighted by atomic mass is 9.77. The van der Waals surface area contributed by atoms with Gasteiger partial charge < -0.3 is 0 Å². The maximum atomic E-state index is 5.20. The Morgan fingerprint density at radius 1 is 0.786 bits per heavy atom. The first kappa shape index (κ1) is 17.0. The van der Waals surface area contributed by atoms with Gasteiger partial charge in [-0.25, -0.2) is 0 Å². The van der Waals surface area contributed by atoms with Gasteiger partial charge in [-0.05, 0) is 54.2 Å². The van der Waals surface area contributed by atoms with Crippen molar-refractivity contribution in [2.24, 2.45) is 11.0 Å². The van der Waals surface area contributed by atoms with Gasteiger partial charge in [-0.1, -0.05) is 78.9 Å². The summed E-state index contributed by atoms with van der Waals surface area (Å²) in [5, 5.41) is 7.45. The van der Waals surface area contributed by atoms with Crippen LogP contribution in [0.5, 0.6) is 0 Å². The Bertz CT molecular complexity index is 990. The summed E-state index contributed by atoms with van der Waals surface area (Å²) in [6.45, 7) is 0. The molecule has 2 heteroatoms. The summed E-state index contributed by atoms with van der Waals surface area (Å²) in [4.78, 5) is 0. The largest absolute Gasteiger partial charge is 0.257 e. The first-order valence-electron chi connectivity index (χ1n) is 10.1. The quantitative estimate of drug-likeness (QED) is 0.519. The molecule has 2 nitrogen and oxygen atoms in total. The summed E-state index contributed by atoms with van der Waals surface area (Å²) >= 11 is 0. The maximum Gasteiger partial charge on any atom is 0.0859 e. The van der Waals surface area contributed by atoms with Gasteiger partial charge in [0.15, 0.2) is 0 Å². The molecule has 0 spiro atoms. The van der Waals surface area contributed by atoms with Crippen molar-refractivity contribution in [3.63, 3.8) is 0 Å². The molecule has 28 heavy (non-hydrogen) atoms. The van der Waals surface area contributed by atoms with Gasteiger partial charge in [-0.15, -0.1) is 0 Å². The molecule has 0 radical (unpaired) electrons. The highest BCUT2D eigenvalue weighted by atomic mass is 15.5. The van der Waals surface area contributed by atoms with Crippen molar-refractivity contribution in [3.05, 3.63) is 108 Å². The molecule has 2 atom stereocenters. The fourth-order valence-corrected chi connectivity index (χ4v) is 4.53. The van der Waals surface area contributed by atoms with Crippen LogP contribution in [0.3, 0.4) is 0 Å². The number of anilines is 1. The molecule has 1 aliphatic carbocycles. The second-order valence-electron chi connectivity index (χ2n) is 7.60. The van der Waals surface area contributed by atoms with Gasteiger partial charge >= 0.3 is 0 Å². The molecule has 1 fully saturated rings. The van der Waals surface area contributed by atoms with E-state index in [1.165, 1.54) is 35.3 Å². The summed E-state index contributed by atoms with van der Waals surface area (Å²) in [6.07, 6.45) is 5.85. The van der Waals surface area contributed by atoms with Crippen molar-refractivity contribution in [3.8, 4) is 0 Å². The van der Waals surface area contributed by atoms with Crippen LogP contribution < -0.4 is 5.01 Å². The second kappa shape index (κ2) is 7.47. The average Bonchev–Trinajstić information content (AvgIpc) is 3.16. The molecule has 1 heterocycles. The van der Waals surface area contributed by atoms with Gasteiger partial charge in [0.2, 0.25) is 0 Å². The van der Waals surface area contributed by atoms with Crippen molar-refractivity contribution >= 4 is 17.5 Å². The smallest absolute Gasteiger partial charge is 0.0859 e. The molecule has 3 aromatic carbocycles. The van der Waals surface area contributed by atoms with E-state index in [0.29, 0.717) is 5.92 Å². The second-order valence-corrected chi connectivity index (χ2v) is 7.60. The highest BCUT2D eigenvalue weighted by molar-refractivity contribution is 6.08. The fraction of sp³-hybridized carbons (Fsp3) is 0.192. The Morgan fingerprint density at radius 2 is 1.43 bits per heavy atom. The molecule has 5 rings (SSSR count). The molecule has 0 saturated heterocycles. The van der Waals surface area contributed by atoms with Crippen molar-refractivity contribution in [1.29, 1.82) is 0 Å². The zero-order chi connectivity index (χ0) is 18.8. The van der Waals surface area contributed by atoms with E-state index < -0.39 is 0 Å². The third kappa shape index (κ3) is 3.16. The van der Waals surface area contributed by atoms with Crippen LogP contribution in [0.1, 0.15) is 36.4 Å². The van der Waals surface area contributed by atoms with Crippen molar-refractivity contribution in [2.45, 2.75) is 25.3 Å². The van der Waals surface area contributed by atoms with E-state index in [1.54, 1.807) is 0 Å². The Balaban J connectivity index is 1.59. The summed E-state index contributed by atoms with van der Waals surface area (Å²) in [5.41, 5.74) is 6.43. The Labute approximate surface area is 166 Å². The highest BCUT2D eigenvalue weighted by Crippen LogP contribution is 2.46. The van der Waals surface area contributed by atoms with Gasteiger partial charge in [0.1, 0.15) is 0 Å². The SMILES string of the molecule is C(=C1\CCC[C@@H]2C1=NN(c1ccccc1)[C@H]2c1ccccc1)/c1ccccc1. The normalized spacial score (nSPS) is 22.8. The molecule has 0 amide bonds. The number of hydrogen-bond acceptors (Lipinski definition) is 2. The van der Waals surface area contributed by atoms with Crippen LogP contribution in [0.4, 0.5) is 5.69 Å². The monoisotopic (exact) mass is 364 g/mol. The average molecular weight is 364 g/mol. The first-order valence-corrected chi connectivity index (χ1v) is 10.1. The number of rotatable bonds is 3. The van der Waals surface area contributed by atoms with Crippen LogP contribution in [0.25, 0.3) is 6.08 Å². The highest BCUT2D eigenvalue weighted by Gasteiger charge is 2.41. The summed E-state index contributed by atoms with van der Waals surface area (Å²) in [7, 11) is 0. The molecule has 138 valence electrons. The minimum Gasteiger partial charge on any atom is -0.257 e. The zero-order valence-corrected chi connectivity index (χ0v) is 15.9. The maximum absolute atomic E-state index is 5.20. The fourth-order valence-electron chi connectivity index (χ4n) is 4.53. The molecule has 3 aromatic rings. The van der Waals surface area contributed by atoms with Gasteiger partial charge in [-0.3, -0.25) is 5.01 Å². The molecular formula is C26H24N2. The number of hydrazone groups is 1. The Kier molecular flexibility index (Phi) is 4.54. The summed E-state index contributed by atoms with van der Waals surface area (Å²) in [6, 6.07) is 32.3. The number of hydrogen-bond donors (Lipinski definition) is 0. The van der Waals surface area contributed by atoms with Gasteiger partial charge in [-0.2, -0.15) is 5.10 Å². The molecule has 0 aromatic heterocycles. The van der Waals surface area contributed by atoms with Crippen LogP contribution in [-0.4, -0.2) is 5.71 Å². The Morgan fingerprint density at radius 3 is 2.14 bits per heavy atom. The molecular weight excluding hydrogens is 340 g/mol. The number of para-hydroxylation sites is 1. The predicted molar refractivity (Wildman–Crippen MR) is 117 cm³/mol. The molecule has 1 saturated carbocycles. The Hall–Kier alpha value is -3.13. The number of nitrogens with zero attached hydrogens (tertiary/aromatic N) is 2. The van der Waals surface area contributed by atoms with Gasteiger partial charge in [0.05, 0.1) is 17.4 Å². The van der Waals surface area contributed by atoms with E-state index >= 15 is 0 Å². The number of benzene rings is 3. The van der Waals surface area contributed by atoms with Gasteiger partial charge in [0, 0.05) is 5.92 Å². The topological polar surface area (TPSA) is 15.6 Å². The minimum atomic E-state index is 0.262. The van der Waals surface area contributed by atoms with Crippen LogP contribution in [0.15, 0.2) is 102 Å².